The lowest BCUT2D eigenvalue weighted by Gasteiger charge is -2.21. The Morgan fingerprint density at radius 2 is 1.84 bits per heavy atom. The Kier molecular flexibility index (Phi) is 8.49. The number of carboxylic acids is 1. The molecule has 38 heavy (non-hydrogen) atoms. The molecule has 0 spiro atoms. The zero-order valence-electron chi connectivity index (χ0n) is 20.7. The second kappa shape index (κ2) is 11.6. The quantitative estimate of drug-likeness (QED) is 0.182. The van der Waals surface area contributed by atoms with E-state index in [1.54, 1.807) is 26.2 Å². The number of aliphatic carboxylic acids is 1. The van der Waals surface area contributed by atoms with Crippen LogP contribution in [0.4, 0.5) is 24.0 Å². The maximum absolute atomic E-state index is 13.0. The highest BCUT2D eigenvalue weighted by molar-refractivity contribution is 8.01. The minimum Gasteiger partial charge on any atom is -0.480 e. The number of thiazole rings is 1. The Bertz CT molecular complexity index is 1350. The number of carboxylic acid groups (broad SMARTS) is 1. The van der Waals surface area contributed by atoms with Gasteiger partial charge < -0.3 is 14.8 Å². The van der Waals surface area contributed by atoms with Gasteiger partial charge in [-0.1, -0.05) is 18.2 Å². The molecule has 0 aliphatic rings. The monoisotopic (exact) mass is 561 g/mol. The van der Waals surface area contributed by atoms with Crippen molar-refractivity contribution in [3.05, 3.63) is 94.9 Å². The predicted molar refractivity (Wildman–Crippen MR) is 143 cm³/mol. The van der Waals surface area contributed by atoms with Crippen LogP contribution in [0.1, 0.15) is 36.4 Å². The molecule has 0 amide bonds. The molecule has 0 fully saturated rings. The highest BCUT2D eigenvalue weighted by atomic mass is 32.2. The lowest BCUT2D eigenvalue weighted by molar-refractivity contribution is -0.139. The Balaban J connectivity index is 1.45. The fourth-order valence-corrected chi connectivity index (χ4v) is 5.28. The smallest absolute Gasteiger partial charge is 0.416 e. The third kappa shape index (κ3) is 7.62. The second-order valence-electron chi connectivity index (χ2n) is 9.13. The normalized spacial score (nSPS) is 12.2. The van der Waals surface area contributed by atoms with E-state index in [-0.39, 0.29) is 0 Å². The highest BCUT2D eigenvalue weighted by Gasteiger charge is 2.30. The zero-order chi connectivity index (χ0) is 27.3. The van der Waals surface area contributed by atoms with Crippen molar-refractivity contribution in [3.8, 4) is 0 Å². The molecular weight excluding hydrogens is 535 g/mol. The SMILES string of the molecule is CC(C)(Sc1ccc(CN(Cc2csc(Nc3cccc(C(F)(F)F)c3)n2)Cc2ccco2)cc1)C(=O)O. The number of rotatable bonds is 11. The van der Waals surface area contributed by atoms with Gasteiger partial charge in [-0.2, -0.15) is 13.2 Å². The number of alkyl halides is 3. The van der Waals surface area contributed by atoms with Crippen LogP contribution in [-0.4, -0.2) is 25.7 Å². The molecule has 2 aromatic heterocycles. The van der Waals surface area contributed by atoms with Crippen LogP contribution in [0.15, 0.2) is 81.6 Å². The number of nitrogens with one attached hydrogen (secondary N) is 1. The van der Waals surface area contributed by atoms with Crippen molar-refractivity contribution in [1.29, 1.82) is 0 Å². The first-order valence-corrected chi connectivity index (χ1v) is 13.3. The van der Waals surface area contributed by atoms with Gasteiger partial charge in [-0.05, 0) is 61.9 Å². The van der Waals surface area contributed by atoms with Crippen molar-refractivity contribution in [2.24, 2.45) is 0 Å². The number of anilines is 2. The number of aromatic nitrogens is 1. The summed E-state index contributed by atoms with van der Waals surface area (Å²) in [4.78, 5) is 19.0. The second-order valence-corrected chi connectivity index (χ2v) is 11.7. The molecule has 2 heterocycles. The number of thioether (sulfide) groups is 1. The van der Waals surface area contributed by atoms with E-state index in [4.69, 9.17) is 4.42 Å². The molecule has 0 saturated carbocycles. The van der Waals surface area contributed by atoms with E-state index in [9.17, 15) is 23.1 Å². The average Bonchev–Trinajstić information content (AvgIpc) is 3.52. The summed E-state index contributed by atoms with van der Waals surface area (Å²) >= 11 is 2.61. The molecule has 0 saturated heterocycles. The summed E-state index contributed by atoms with van der Waals surface area (Å²) in [6.45, 7) is 4.95. The topological polar surface area (TPSA) is 78.6 Å². The van der Waals surface area contributed by atoms with Crippen molar-refractivity contribution in [3.63, 3.8) is 0 Å². The van der Waals surface area contributed by atoms with Gasteiger partial charge in [-0.25, -0.2) is 4.98 Å². The number of carbonyl (C=O) groups is 1. The Morgan fingerprint density at radius 3 is 2.50 bits per heavy atom. The number of hydrogen-bond donors (Lipinski definition) is 2. The van der Waals surface area contributed by atoms with Crippen LogP contribution >= 0.6 is 23.1 Å². The molecule has 0 unspecified atom stereocenters. The molecule has 0 aliphatic heterocycles. The van der Waals surface area contributed by atoms with Crippen LogP contribution in [-0.2, 0) is 30.6 Å². The van der Waals surface area contributed by atoms with Crippen molar-refractivity contribution in [1.82, 2.24) is 9.88 Å². The van der Waals surface area contributed by atoms with Crippen LogP contribution in [0.3, 0.4) is 0 Å². The molecule has 0 aliphatic carbocycles. The lowest BCUT2D eigenvalue weighted by atomic mass is 10.2. The number of benzene rings is 2. The van der Waals surface area contributed by atoms with Gasteiger partial charge in [0.2, 0.25) is 0 Å². The van der Waals surface area contributed by atoms with Gasteiger partial charge >= 0.3 is 12.1 Å². The van der Waals surface area contributed by atoms with Gasteiger partial charge in [0.15, 0.2) is 5.13 Å². The molecule has 2 N–H and O–H groups in total. The molecular formula is C27H26F3N3O3S2. The Morgan fingerprint density at radius 1 is 1.08 bits per heavy atom. The zero-order valence-corrected chi connectivity index (χ0v) is 22.3. The van der Waals surface area contributed by atoms with Crippen molar-refractivity contribution in [2.75, 3.05) is 5.32 Å². The third-order valence-electron chi connectivity index (χ3n) is 5.56. The summed E-state index contributed by atoms with van der Waals surface area (Å²) in [7, 11) is 0. The van der Waals surface area contributed by atoms with Crippen molar-refractivity contribution < 1.29 is 27.5 Å². The first-order valence-electron chi connectivity index (χ1n) is 11.6. The summed E-state index contributed by atoms with van der Waals surface area (Å²) in [5.74, 6) is -0.0840. The van der Waals surface area contributed by atoms with E-state index in [0.29, 0.717) is 30.5 Å². The van der Waals surface area contributed by atoms with E-state index in [0.717, 1.165) is 34.0 Å². The van der Waals surface area contributed by atoms with Crippen LogP contribution in [0.25, 0.3) is 0 Å². The minimum atomic E-state index is -4.42. The lowest BCUT2D eigenvalue weighted by Crippen LogP contribution is -2.26. The van der Waals surface area contributed by atoms with E-state index in [1.807, 2.05) is 41.8 Å². The van der Waals surface area contributed by atoms with Gasteiger partial charge in [-0.15, -0.1) is 23.1 Å². The summed E-state index contributed by atoms with van der Waals surface area (Å²) in [5, 5.41) is 14.7. The molecule has 200 valence electrons. The van der Waals surface area contributed by atoms with E-state index in [1.165, 1.54) is 29.2 Å². The summed E-state index contributed by atoms with van der Waals surface area (Å²) < 4.78 is 43.7. The molecule has 6 nitrogen and oxygen atoms in total. The first kappa shape index (κ1) is 27.7. The number of furan rings is 1. The Labute approximate surface area is 226 Å². The van der Waals surface area contributed by atoms with Crippen LogP contribution < -0.4 is 5.32 Å². The first-order chi connectivity index (χ1) is 18.0. The van der Waals surface area contributed by atoms with Crippen molar-refractivity contribution in [2.45, 2.75) is 49.3 Å². The number of hydrogen-bond acceptors (Lipinski definition) is 7. The van der Waals surface area contributed by atoms with Gasteiger partial charge in [0.1, 0.15) is 10.5 Å². The molecule has 0 radical (unpaired) electrons. The van der Waals surface area contributed by atoms with Crippen LogP contribution in [0.2, 0.25) is 0 Å². The van der Waals surface area contributed by atoms with Gasteiger partial charge in [0.05, 0.1) is 24.1 Å². The fourth-order valence-electron chi connectivity index (χ4n) is 3.61. The van der Waals surface area contributed by atoms with Crippen molar-refractivity contribution >= 4 is 39.9 Å². The Hall–Kier alpha value is -3.28. The van der Waals surface area contributed by atoms with Gasteiger partial charge in [0.25, 0.3) is 0 Å². The molecule has 0 bridgehead atoms. The molecule has 4 aromatic rings. The highest BCUT2D eigenvalue weighted by Crippen LogP contribution is 2.33. The van der Waals surface area contributed by atoms with Crippen LogP contribution in [0, 0.1) is 0 Å². The molecule has 4 rings (SSSR count). The standard InChI is InChI=1S/C27H26F3N3O3S2/c1-26(2,24(34)35)38-23-10-8-18(9-11-23)14-33(16-22-7-4-12-36-22)15-21-17-37-25(32-21)31-20-6-3-5-19(13-20)27(28,29)30/h3-13,17H,14-16H2,1-2H3,(H,31,32)(H,34,35). The summed E-state index contributed by atoms with van der Waals surface area (Å²) in [6, 6.07) is 16.5. The fraction of sp³-hybridized carbons (Fsp3) is 0.259. The van der Waals surface area contributed by atoms with Crippen LogP contribution in [0.5, 0.6) is 0 Å². The maximum Gasteiger partial charge on any atom is 0.416 e. The van der Waals surface area contributed by atoms with Gasteiger partial charge in [-0.3, -0.25) is 9.69 Å². The van der Waals surface area contributed by atoms with E-state index in [2.05, 4.69) is 15.2 Å². The number of halogens is 3. The maximum atomic E-state index is 13.0. The molecule has 2 aromatic carbocycles. The largest absolute Gasteiger partial charge is 0.480 e. The summed E-state index contributed by atoms with van der Waals surface area (Å²) in [5.41, 5.74) is 1.40. The van der Waals surface area contributed by atoms with E-state index >= 15 is 0 Å². The minimum absolute atomic E-state index is 0.317. The average molecular weight is 562 g/mol. The third-order valence-corrected chi connectivity index (χ3v) is 7.55. The molecule has 0 atom stereocenters. The predicted octanol–water partition coefficient (Wildman–Crippen LogP) is 7.66. The van der Waals surface area contributed by atoms with Gasteiger partial charge in [0, 0.05) is 29.1 Å². The van der Waals surface area contributed by atoms with E-state index < -0.39 is 22.5 Å². The molecule has 11 heteroatoms. The summed E-state index contributed by atoms with van der Waals surface area (Å²) in [6.07, 6.45) is -2.80. The number of nitrogens with zero attached hydrogens (tertiary/aromatic N) is 2.